The van der Waals surface area contributed by atoms with Gasteiger partial charge in [-0.2, -0.15) is 0 Å². The van der Waals surface area contributed by atoms with Crippen LogP contribution in [0.25, 0.3) is 5.70 Å². The van der Waals surface area contributed by atoms with Gasteiger partial charge in [0.05, 0.1) is 33.2 Å². The summed E-state index contributed by atoms with van der Waals surface area (Å²) in [6.07, 6.45) is 6.26. The van der Waals surface area contributed by atoms with Crippen molar-refractivity contribution in [3.63, 3.8) is 0 Å². The molecule has 23 heavy (non-hydrogen) atoms. The van der Waals surface area contributed by atoms with Gasteiger partial charge in [0.1, 0.15) is 5.71 Å². The number of allylic oxidation sites excluding steroid dienone is 1. The zero-order valence-corrected chi connectivity index (χ0v) is 14.6. The molecule has 1 aromatic rings. The molecule has 0 amide bonds. The predicted octanol–water partition coefficient (Wildman–Crippen LogP) is 2.80. The van der Waals surface area contributed by atoms with Crippen molar-refractivity contribution in [1.29, 1.82) is 0 Å². The molecular formula is C17H21N5S. The monoisotopic (exact) mass is 327 g/mol. The fraction of sp³-hybridized carbons (Fsp3) is 0.529. The second kappa shape index (κ2) is 5.46. The maximum Gasteiger partial charge on any atom is 0.151 e. The SMILES string of the molecule is Cc1nc(C)c(C2=CC3=NC(C)(C4CCNCC4)N=CC3=N2)s1. The molecule has 1 unspecified atom stereocenters. The summed E-state index contributed by atoms with van der Waals surface area (Å²) < 4.78 is 0. The average Bonchev–Trinajstić information content (AvgIpc) is 3.10. The molecule has 3 aliphatic heterocycles. The third-order valence-corrected chi connectivity index (χ3v) is 5.92. The molecule has 3 aliphatic rings. The van der Waals surface area contributed by atoms with Crippen LogP contribution in [0.3, 0.4) is 0 Å². The molecule has 5 nitrogen and oxygen atoms in total. The standard InChI is InChI=1S/C17H21N5S/c1-10-16(23-11(2)20-10)14-8-13-15(21-14)9-19-17(3,22-13)12-4-6-18-7-5-12/h8-9,12,18H,4-7H2,1-3H3. The van der Waals surface area contributed by atoms with E-state index in [1.807, 2.05) is 20.1 Å². The minimum Gasteiger partial charge on any atom is -0.317 e. The Morgan fingerprint density at radius 1 is 1.22 bits per heavy atom. The average molecular weight is 327 g/mol. The highest BCUT2D eigenvalue weighted by atomic mass is 32.1. The van der Waals surface area contributed by atoms with Crippen LogP contribution in [0.4, 0.5) is 0 Å². The van der Waals surface area contributed by atoms with Crippen molar-refractivity contribution in [1.82, 2.24) is 10.3 Å². The number of hydrogen-bond acceptors (Lipinski definition) is 6. The van der Waals surface area contributed by atoms with Crippen molar-refractivity contribution in [2.45, 2.75) is 39.3 Å². The lowest BCUT2D eigenvalue weighted by Crippen LogP contribution is -2.42. The van der Waals surface area contributed by atoms with E-state index >= 15 is 0 Å². The molecule has 0 aromatic carbocycles. The Morgan fingerprint density at radius 3 is 2.70 bits per heavy atom. The van der Waals surface area contributed by atoms with Gasteiger partial charge < -0.3 is 5.32 Å². The molecule has 1 aromatic heterocycles. The van der Waals surface area contributed by atoms with Crippen molar-refractivity contribution < 1.29 is 0 Å². The first-order chi connectivity index (χ1) is 11.0. The van der Waals surface area contributed by atoms with Crippen molar-refractivity contribution in [3.8, 4) is 0 Å². The van der Waals surface area contributed by atoms with Gasteiger partial charge in [-0.05, 0) is 52.8 Å². The molecule has 0 saturated carbocycles. The molecular weight excluding hydrogens is 306 g/mol. The van der Waals surface area contributed by atoms with Crippen LogP contribution in [0.1, 0.15) is 35.3 Å². The fourth-order valence-electron chi connectivity index (χ4n) is 3.52. The number of aliphatic imine (C=N–C) groups is 3. The van der Waals surface area contributed by atoms with Crippen LogP contribution in [0.15, 0.2) is 21.1 Å². The van der Waals surface area contributed by atoms with Crippen LogP contribution < -0.4 is 5.32 Å². The molecule has 1 N–H and O–H groups in total. The van der Waals surface area contributed by atoms with Gasteiger partial charge in [0, 0.05) is 5.92 Å². The first kappa shape index (κ1) is 14.9. The summed E-state index contributed by atoms with van der Waals surface area (Å²) in [6.45, 7) is 8.34. The van der Waals surface area contributed by atoms with Gasteiger partial charge in [-0.15, -0.1) is 11.3 Å². The third-order valence-electron chi connectivity index (χ3n) is 4.82. The number of hydrogen-bond donors (Lipinski definition) is 1. The normalized spacial score (nSPS) is 27.5. The lowest BCUT2D eigenvalue weighted by molar-refractivity contribution is 0.244. The van der Waals surface area contributed by atoms with Gasteiger partial charge in [-0.3, -0.25) is 9.98 Å². The van der Waals surface area contributed by atoms with E-state index < -0.39 is 0 Å². The Balaban J connectivity index is 1.67. The summed E-state index contributed by atoms with van der Waals surface area (Å²) in [6, 6.07) is 0. The summed E-state index contributed by atoms with van der Waals surface area (Å²) in [5.74, 6) is 0.499. The summed E-state index contributed by atoms with van der Waals surface area (Å²) in [5, 5.41) is 4.49. The molecule has 4 rings (SSSR count). The number of thiazole rings is 1. The quantitative estimate of drug-likeness (QED) is 0.908. The molecule has 1 saturated heterocycles. The minimum absolute atomic E-state index is 0.346. The highest BCUT2D eigenvalue weighted by Gasteiger charge is 2.37. The van der Waals surface area contributed by atoms with E-state index in [2.05, 4.69) is 23.3 Å². The lowest BCUT2D eigenvalue weighted by atomic mass is 9.85. The zero-order valence-electron chi connectivity index (χ0n) is 13.8. The van der Waals surface area contributed by atoms with Crippen molar-refractivity contribution in [2.24, 2.45) is 20.9 Å². The Morgan fingerprint density at radius 2 is 2.00 bits per heavy atom. The van der Waals surface area contributed by atoms with Crippen LogP contribution in [-0.2, 0) is 0 Å². The Kier molecular flexibility index (Phi) is 3.54. The van der Waals surface area contributed by atoms with Gasteiger partial charge in [-0.25, -0.2) is 9.98 Å². The number of nitrogens with zero attached hydrogens (tertiary/aromatic N) is 4. The molecule has 0 radical (unpaired) electrons. The largest absolute Gasteiger partial charge is 0.317 e. The molecule has 1 fully saturated rings. The van der Waals surface area contributed by atoms with Crippen LogP contribution in [-0.4, -0.2) is 41.4 Å². The van der Waals surface area contributed by atoms with E-state index in [-0.39, 0.29) is 5.66 Å². The molecule has 1 atom stereocenters. The predicted molar refractivity (Wildman–Crippen MR) is 96.9 cm³/mol. The minimum atomic E-state index is -0.346. The number of piperidine rings is 1. The van der Waals surface area contributed by atoms with Crippen molar-refractivity contribution in [3.05, 3.63) is 21.7 Å². The Hall–Kier alpha value is -1.66. The van der Waals surface area contributed by atoms with E-state index in [4.69, 9.17) is 15.0 Å². The number of rotatable bonds is 2. The lowest BCUT2D eigenvalue weighted by Gasteiger charge is -2.35. The second-order valence-electron chi connectivity index (χ2n) is 6.55. The number of fused-ring (bicyclic) bond motifs is 1. The summed E-state index contributed by atoms with van der Waals surface area (Å²) >= 11 is 1.69. The highest BCUT2D eigenvalue weighted by Crippen LogP contribution is 2.35. The first-order valence-corrected chi connectivity index (χ1v) is 8.98. The second-order valence-corrected chi connectivity index (χ2v) is 7.75. The smallest absolute Gasteiger partial charge is 0.151 e. The van der Waals surface area contributed by atoms with Gasteiger partial charge in [0.25, 0.3) is 0 Å². The summed E-state index contributed by atoms with van der Waals surface area (Å²) in [4.78, 5) is 20.1. The molecule has 6 heteroatoms. The van der Waals surface area contributed by atoms with Crippen LogP contribution >= 0.6 is 11.3 Å². The highest BCUT2D eigenvalue weighted by molar-refractivity contribution is 7.12. The molecule has 120 valence electrons. The van der Waals surface area contributed by atoms with Gasteiger partial charge >= 0.3 is 0 Å². The van der Waals surface area contributed by atoms with E-state index in [0.29, 0.717) is 5.92 Å². The van der Waals surface area contributed by atoms with E-state index in [9.17, 15) is 0 Å². The Labute approximate surface area is 140 Å². The first-order valence-electron chi connectivity index (χ1n) is 8.16. The van der Waals surface area contributed by atoms with E-state index in [1.165, 1.54) is 0 Å². The number of nitrogens with one attached hydrogen (secondary N) is 1. The summed E-state index contributed by atoms with van der Waals surface area (Å²) in [7, 11) is 0. The third kappa shape index (κ3) is 2.60. The Bertz CT molecular complexity index is 764. The maximum atomic E-state index is 4.98. The van der Waals surface area contributed by atoms with E-state index in [1.54, 1.807) is 11.3 Å². The number of aryl methyl sites for hydroxylation is 2. The summed E-state index contributed by atoms with van der Waals surface area (Å²) in [5.41, 5.74) is 3.53. The van der Waals surface area contributed by atoms with E-state index in [0.717, 1.165) is 58.6 Å². The van der Waals surface area contributed by atoms with Gasteiger partial charge in [0.2, 0.25) is 0 Å². The van der Waals surface area contributed by atoms with Crippen molar-refractivity contribution in [2.75, 3.05) is 13.1 Å². The fourth-order valence-corrected chi connectivity index (χ4v) is 4.40. The van der Waals surface area contributed by atoms with Crippen LogP contribution in [0, 0.1) is 19.8 Å². The van der Waals surface area contributed by atoms with Crippen molar-refractivity contribution >= 4 is 34.7 Å². The molecule has 0 spiro atoms. The van der Waals surface area contributed by atoms with Crippen LogP contribution in [0.2, 0.25) is 0 Å². The molecule has 0 aliphatic carbocycles. The van der Waals surface area contributed by atoms with Gasteiger partial charge in [0.15, 0.2) is 5.66 Å². The van der Waals surface area contributed by atoms with Gasteiger partial charge in [-0.1, -0.05) is 0 Å². The zero-order chi connectivity index (χ0) is 16.0. The molecule has 4 heterocycles. The van der Waals surface area contributed by atoms with Crippen LogP contribution in [0.5, 0.6) is 0 Å². The maximum absolute atomic E-state index is 4.98. The molecule has 0 bridgehead atoms. The topological polar surface area (TPSA) is 62.0 Å². The number of aromatic nitrogens is 1.